The molecule has 1 aromatic carbocycles. The van der Waals surface area contributed by atoms with Crippen LogP contribution in [0, 0.1) is 0 Å². The van der Waals surface area contributed by atoms with Crippen molar-refractivity contribution in [2.24, 2.45) is 0 Å². The van der Waals surface area contributed by atoms with Crippen LogP contribution in [0.15, 0.2) is 66.3 Å². The quantitative estimate of drug-likeness (QED) is 0.683. The lowest BCUT2D eigenvalue weighted by Gasteiger charge is -2.10. The second-order valence-corrected chi connectivity index (χ2v) is 6.46. The summed E-state index contributed by atoms with van der Waals surface area (Å²) in [6.45, 7) is 4.21. The third kappa shape index (κ3) is 2.32. The van der Waals surface area contributed by atoms with Crippen LogP contribution in [0.25, 0.3) is 10.9 Å². The van der Waals surface area contributed by atoms with Gasteiger partial charge in [0, 0.05) is 17.8 Å². The van der Waals surface area contributed by atoms with Gasteiger partial charge >= 0.3 is 0 Å². The van der Waals surface area contributed by atoms with Crippen molar-refractivity contribution in [2.45, 2.75) is 6.54 Å². The van der Waals surface area contributed by atoms with Gasteiger partial charge in [-0.05, 0) is 30.0 Å². The molecule has 0 bridgehead atoms. The number of aromatic nitrogens is 2. The number of rotatable bonds is 3. The van der Waals surface area contributed by atoms with Crippen molar-refractivity contribution in [2.75, 3.05) is 4.90 Å². The Hall–Kier alpha value is -2.86. The number of amides is 2. The molecule has 2 amide bonds. The van der Waals surface area contributed by atoms with Crippen LogP contribution in [0.4, 0.5) is 10.5 Å². The molecule has 0 spiro atoms. The number of carbonyl (C=O) groups is 2. The molecule has 1 saturated heterocycles. The number of nitrogens with zero attached hydrogens (tertiary/aromatic N) is 3. The maximum absolute atomic E-state index is 12.3. The van der Waals surface area contributed by atoms with E-state index in [1.54, 1.807) is 6.20 Å². The summed E-state index contributed by atoms with van der Waals surface area (Å²) in [5, 5.41) is 0.538. The summed E-state index contributed by atoms with van der Waals surface area (Å²) in [6.07, 6.45) is 3.57. The van der Waals surface area contributed by atoms with Crippen LogP contribution < -0.4 is 4.90 Å². The Morgan fingerprint density at radius 3 is 2.58 bits per heavy atom. The Bertz CT molecular complexity index is 978. The highest BCUT2D eigenvalue weighted by atomic mass is 32.2. The monoisotopic (exact) mass is 335 g/mol. The number of hydrogen-bond donors (Lipinski definition) is 0. The van der Waals surface area contributed by atoms with Gasteiger partial charge in [-0.15, -0.1) is 0 Å². The largest absolute Gasteiger partial charge is 0.339 e. The average molecular weight is 335 g/mol. The van der Waals surface area contributed by atoms with Gasteiger partial charge in [-0.1, -0.05) is 30.8 Å². The predicted molar refractivity (Wildman–Crippen MR) is 94.9 cm³/mol. The van der Waals surface area contributed by atoms with Gasteiger partial charge in [-0.25, -0.2) is 4.90 Å². The number of pyridine rings is 1. The molecule has 1 aliphatic rings. The fourth-order valence-corrected chi connectivity index (χ4v) is 3.47. The Balaban J connectivity index is 1.84. The van der Waals surface area contributed by atoms with Crippen molar-refractivity contribution in [3.8, 4) is 0 Å². The normalized spacial score (nSPS) is 14.8. The van der Waals surface area contributed by atoms with E-state index < -0.39 is 0 Å². The maximum Gasteiger partial charge on any atom is 0.298 e. The van der Waals surface area contributed by atoms with Crippen molar-refractivity contribution < 1.29 is 9.59 Å². The number of anilines is 1. The predicted octanol–water partition coefficient (Wildman–Crippen LogP) is 3.80. The van der Waals surface area contributed by atoms with E-state index in [0.29, 0.717) is 12.2 Å². The zero-order chi connectivity index (χ0) is 16.7. The van der Waals surface area contributed by atoms with Crippen molar-refractivity contribution in [3.05, 3.63) is 72.0 Å². The second-order valence-electron chi connectivity index (χ2n) is 5.41. The van der Waals surface area contributed by atoms with Gasteiger partial charge in [0.05, 0.1) is 28.3 Å². The molecular weight excluding hydrogens is 322 g/mol. The molecule has 0 unspecified atom stereocenters. The zero-order valence-corrected chi connectivity index (χ0v) is 13.5. The number of hydrogen-bond acceptors (Lipinski definition) is 4. The van der Waals surface area contributed by atoms with E-state index in [4.69, 9.17) is 0 Å². The molecule has 3 aromatic rings. The minimum Gasteiger partial charge on any atom is -0.339 e. The van der Waals surface area contributed by atoms with E-state index >= 15 is 0 Å². The Labute approximate surface area is 142 Å². The van der Waals surface area contributed by atoms with Gasteiger partial charge in [0.25, 0.3) is 11.1 Å². The molecule has 0 aliphatic carbocycles. The summed E-state index contributed by atoms with van der Waals surface area (Å²) in [5.74, 6) is -0.356. The molecular formula is C18H13N3O2S. The lowest BCUT2D eigenvalue weighted by Crippen LogP contribution is -2.27. The number of benzene rings is 1. The van der Waals surface area contributed by atoms with E-state index in [1.165, 1.54) is 4.90 Å². The lowest BCUT2D eigenvalue weighted by atomic mass is 10.2. The highest BCUT2D eigenvalue weighted by Gasteiger charge is 2.36. The van der Waals surface area contributed by atoms with Crippen molar-refractivity contribution >= 4 is 39.5 Å². The van der Waals surface area contributed by atoms with Crippen LogP contribution in [0.1, 0.15) is 5.69 Å². The topological polar surface area (TPSA) is 55.2 Å². The minimum absolute atomic E-state index is 0.251. The molecule has 0 atom stereocenters. The van der Waals surface area contributed by atoms with Gasteiger partial charge in [0.1, 0.15) is 0 Å². The summed E-state index contributed by atoms with van der Waals surface area (Å²) < 4.78 is 2.00. The van der Waals surface area contributed by atoms with Gasteiger partial charge in [-0.2, -0.15) is 0 Å². The smallest absolute Gasteiger partial charge is 0.298 e. The zero-order valence-electron chi connectivity index (χ0n) is 12.7. The van der Waals surface area contributed by atoms with Gasteiger partial charge in [0.15, 0.2) is 0 Å². The van der Waals surface area contributed by atoms with E-state index in [1.807, 2.05) is 53.2 Å². The molecule has 6 heteroatoms. The molecule has 5 nitrogen and oxygen atoms in total. The van der Waals surface area contributed by atoms with Gasteiger partial charge in [0.2, 0.25) is 0 Å². The molecule has 24 heavy (non-hydrogen) atoms. The van der Waals surface area contributed by atoms with E-state index in [2.05, 4.69) is 11.6 Å². The number of thioether (sulfide) groups is 1. The Morgan fingerprint density at radius 2 is 1.88 bits per heavy atom. The van der Waals surface area contributed by atoms with Crippen LogP contribution >= 0.6 is 11.8 Å². The molecule has 118 valence electrons. The van der Waals surface area contributed by atoms with Crippen molar-refractivity contribution in [3.63, 3.8) is 0 Å². The fourth-order valence-electron chi connectivity index (χ4n) is 2.81. The highest BCUT2D eigenvalue weighted by molar-refractivity contribution is 8.18. The standard InChI is InChI=1S/C18H13N3O2S/c1-12-17(22)21(18(23)24-12)16-11-20(10-13-6-4-5-9-19-13)15-8-3-2-7-14(15)16/h2-9,11H,1,10H2. The first-order valence-electron chi connectivity index (χ1n) is 7.38. The van der Waals surface area contributed by atoms with Gasteiger partial charge in [-0.3, -0.25) is 14.6 Å². The maximum atomic E-state index is 12.3. The van der Waals surface area contributed by atoms with Crippen LogP contribution in [-0.4, -0.2) is 20.7 Å². The number of imide groups is 1. The van der Waals surface area contributed by atoms with E-state index in [0.717, 1.165) is 28.4 Å². The fraction of sp³-hybridized carbons (Fsp3) is 0.0556. The summed E-state index contributed by atoms with van der Waals surface area (Å²) in [4.78, 5) is 30.3. The summed E-state index contributed by atoms with van der Waals surface area (Å²) in [5.41, 5.74) is 2.44. The molecule has 0 radical (unpaired) electrons. The first kappa shape index (κ1) is 14.7. The van der Waals surface area contributed by atoms with Crippen LogP contribution in [0.3, 0.4) is 0 Å². The highest BCUT2D eigenvalue weighted by Crippen LogP contribution is 2.38. The summed E-state index contributed by atoms with van der Waals surface area (Å²) in [7, 11) is 0. The molecule has 0 N–H and O–H groups in total. The third-order valence-electron chi connectivity index (χ3n) is 3.90. The molecule has 1 fully saturated rings. The minimum atomic E-state index is -0.356. The van der Waals surface area contributed by atoms with Crippen LogP contribution in [0.2, 0.25) is 0 Å². The number of carbonyl (C=O) groups excluding carboxylic acids is 2. The number of para-hydroxylation sites is 1. The first-order valence-corrected chi connectivity index (χ1v) is 8.20. The third-order valence-corrected chi connectivity index (χ3v) is 4.68. The van der Waals surface area contributed by atoms with Gasteiger partial charge < -0.3 is 4.57 Å². The van der Waals surface area contributed by atoms with Crippen molar-refractivity contribution in [1.29, 1.82) is 0 Å². The molecule has 4 rings (SSSR count). The van der Waals surface area contributed by atoms with Crippen LogP contribution in [0.5, 0.6) is 0 Å². The van der Waals surface area contributed by atoms with Crippen LogP contribution in [-0.2, 0) is 11.3 Å². The van der Waals surface area contributed by atoms with E-state index in [-0.39, 0.29) is 16.1 Å². The summed E-state index contributed by atoms with van der Waals surface area (Å²) in [6, 6.07) is 13.4. The average Bonchev–Trinajstić information content (AvgIpc) is 3.06. The molecule has 0 saturated carbocycles. The first-order chi connectivity index (χ1) is 11.6. The molecule has 3 heterocycles. The van der Waals surface area contributed by atoms with E-state index in [9.17, 15) is 9.59 Å². The Kier molecular flexibility index (Phi) is 3.46. The molecule has 1 aliphatic heterocycles. The summed E-state index contributed by atoms with van der Waals surface area (Å²) >= 11 is 0.875. The Morgan fingerprint density at radius 1 is 1.08 bits per heavy atom. The lowest BCUT2D eigenvalue weighted by molar-refractivity contribution is -0.113. The van der Waals surface area contributed by atoms with Crippen molar-refractivity contribution in [1.82, 2.24) is 9.55 Å². The SMILES string of the molecule is C=C1SC(=O)N(c2cn(Cc3ccccn3)c3ccccc23)C1=O. The number of fused-ring (bicyclic) bond motifs is 1. The second kappa shape index (κ2) is 5.65. The molecule has 2 aromatic heterocycles.